The van der Waals surface area contributed by atoms with Gasteiger partial charge in [-0.3, -0.25) is 14.4 Å². The van der Waals surface area contributed by atoms with Crippen molar-refractivity contribution in [1.29, 1.82) is 0 Å². The van der Waals surface area contributed by atoms with E-state index in [2.05, 4.69) is 53.0 Å². The average molecular weight is 666 g/mol. The maximum Gasteiger partial charge on any atom is 0.306 e. The molecule has 0 radical (unpaired) electrons. The number of ether oxygens (including phenoxy) is 1. The zero-order valence-corrected chi connectivity index (χ0v) is 31.7. The van der Waals surface area contributed by atoms with Crippen molar-refractivity contribution in [2.24, 2.45) is 62.1 Å². The lowest BCUT2D eigenvalue weighted by Gasteiger charge is -2.73. The van der Waals surface area contributed by atoms with Gasteiger partial charge >= 0.3 is 11.9 Å². The molecule has 10 atom stereocenters. The first-order valence-electron chi connectivity index (χ1n) is 19.6. The molecule has 0 aromatic carbocycles. The van der Waals surface area contributed by atoms with Gasteiger partial charge in [-0.1, -0.05) is 60.6 Å². The minimum atomic E-state index is -0.877. The minimum absolute atomic E-state index is 0.0409. The number of carbonyl (C=O) groups excluding carboxylic acids is 2. The quantitative estimate of drug-likeness (QED) is 0.206. The number of fused-ring (bicyclic) bond motifs is 7. The monoisotopic (exact) mass is 666 g/mol. The van der Waals surface area contributed by atoms with Gasteiger partial charge in [-0.25, -0.2) is 0 Å². The normalized spacial score (nSPS) is 43.4. The molecule has 5 aliphatic carbocycles. The maximum atomic E-state index is 13.8. The molecule has 1 amide bonds. The van der Waals surface area contributed by atoms with Gasteiger partial charge in [0.25, 0.3) is 0 Å². The fourth-order valence-electron chi connectivity index (χ4n) is 14.2. The van der Waals surface area contributed by atoms with E-state index < -0.39 is 11.4 Å². The van der Waals surface area contributed by atoms with Crippen LogP contribution in [0.15, 0.2) is 12.2 Å². The Morgan fingerprint density at radius 2 is 1.52 bits per heavy atom. The number of nitrogens with zero attached hydrogens (tertiary/aromatic N) is 1. The van der Waals surface area contributed by atoms with E-state index in [0.29, 0.717) is 35.5 Å². The number of esters is 1. The van der Waals surface area contributed by atoms with Crippen LogP contribution in [0.4, 0.5) is 0 Å². The molecule has 1 N–H and O–H groups in total. The molecule has 0 aromatic heterocycles. The number of carbonyl (C=O) groups is 3. The largest absolute Gasteiger partial charge is 0.481 e. The molecule has 6 rings (SSSR count). The minimum Gasteiger partial charge on any atom is -0.481 e. The highest BCUT2D eigenvalue weighted by Gasteiger charge is 2.71. The summed E-state index contributed by atoms with van der Waals surface area (Å²) in [5, 5.41) is 9.33. The second-order valence-electron chi connectivity index (χ2n) is 20.1. The van der Waals surface area contributed by atoms with Crippen LogP contribution >= 0.6 is 0 Å². The summed E-state index contributed by atoms with van der Waals surface area (Å²) in [6, 6.07) is 0. The van der Waals surface area contributed by atoms with Crippen molar-refractivity contribution >= 4 is 17.8 Å². The van der Waals surface area contributed by atoms with Crippen molar-refractivity contribution in [3.05, 3.63) is 12.2 Å². The predicted octanol–water partition coefficient (Wildman–Crippen LogP) is 9.46. The van der Waals surface area contributed by atoms with Crippen molar-refractivity contribution < 1.29 is 24.2 Å². The van der Waals surface area contributed by atoms with Gasteiger partial charge in [0.15, 0.2) is 0 Å². The van der Waals surface area contributed by atoms with Crippen molar-refractivity contribution in [3.8, 4) is 0 Å². The highest BCUT2D eigenvalue weighted by atomic mass is 16.5. The Morgan fingerprint density at radius 3 is 2.17 bits per heavy atom. The van der Waals surface area contributed by atoms with E-state index in [4.69, 9.17) is 4.74 Å². The summed E-state index contributed by atoms with van der Waals surface area (Å²) in [5.41, 5.74) is 1.33. The van der Waals surface area contributed by atoms with Crippen molar-refractivity contribution in [2.45, 2.75) is 158 Å². The van der Waals surface area contributed by atoms with Crippen LogP contribution in [0.1, 0.15) is 152 Å². The Labute approximate surface area is 291 Å². The third-order valence-electron chi connectivity index (χ3n) is 16.7. The summed E-state index contributed by atoms with van der Waals surface area (Å²) in [7, 11) is 0. The third kappa shape index (κ3) is 5.60. The summed E-state index contributed by atoms with van der Waals surface area (Å²) in [6.45, 7) is 25.0. The summed E-state index contributed by atoms with van der Waals surface area (Å²) in [4.78, 5) is 40.5. The molecular weight excluding hydrogens is 598 g/mol. The van der Waals surface area contributed by atoms with E-state index in [-0.39, 0.29) is 52.0 Å². The van der Waals surface area contributed by atoms with E-state index in [1.807, 2.05) is 13.8 Å². The molecule has 0 spiro atoms. The zero-order valence-electron chi connectivity index (χ0n) is 31.7. The smallest absolute Gasteiger partial charge is 0.306 e. The van der Waals surface area contributed by atoms with E-state index in [9.17, 15) is 19.5 Å². The highest BCUT2D eigenvalue weighted by Crippen LogP contribution is 2.78. The van der Waals surface area contributed by atoms with Crippen LogP contribution in [0, 0.1) is 62.1 Å². The first-order chi connectivity index (χ1) is 22.3. The number of carboxylic acid groups (broad SMARTS) is 1. The molecule has 5 saturated carbocycles. The molecule has 1 aliphatic heterocycles. The van der Waals surface area contributed by atoms with Gasteiger partial charge in [0.1, 0.15) is 6.10 Å². The molecule has 48 heavy (non-hydrogen) atoms. The Bertz CT molecular complexity index is 1310. The molecule has 0 unspecified atom stereocenters. The van der Waals surface area contributed by atoms with E-state index in [0.717, 1.165) is 51.6 Å². The van der Waals surface area contributed by atoms with Crippen molar-refractivity contribution in [3.63, 3.8) is 0 Å². The van der Waals surface area contributed by atoms with Gasteiger partial charge in [0.05, 0.1) is 12.8 Å². The summed E-state index contributed by atoms with van der Waals surface area (Å²) in [6.07, 6.45) is 14.6. The molecule has 0 bridgehead atoms. The van der Waals surface area contributed by atoms with E-state index in [1.165, 1.54) is 50.5 Å². The van der Waals surface area contributed by atoms with Crippen LogP contribution in [-0.4, -0.2) is 47.0 Å². The highest BCUT2D eigenvalue weighted by molar-refractivity contribution is 5.77. The molecular formula is C42H67NO5. The number of carboxylic acids is 1. The van der Waals surface area contributed by atoms with Crippen molar-refractivity contribution in [2.75, 3.05) is 13.1 Å². The molecule has 0 aromatic rings. The fourth-order valence-corrected chi connectivity index (χ4v) is 14.2. The number of rotatable bonds is 8. The second kappa shape index (κ2) is 12.1. The molecule has 270 valence electrons. The molecule has 6 heteroatoms. The van der Waals surface area contributed by atoms with Gasteiger partial charge in [0, 0.05) is 24.9 Å². The van der Waals surface area contributed by atoms with Crippen LogP contribution in [0.25, 0.3) is 0 Å². The van der Waals surface area contributed by atoms with Crippen LogP contribution in [0.5, 0.6) is 0 Å². The molecule has 6 aliphatic rings. The second-order valence-corrected chi connectivity index (χ2v) is 20.1. The molecule has 1 saturated heterocycles. The van der Waals surface area contributed by atoms with Gasteiger partial charge in [0.2, 0.25) is 5.91 Å². The van der Waals surface area contributed by atoms with Crippen LogP contribution in [0.2, 0.25) is 0 Å². The number of hydrogen-bond acceptors (Lipinski definition) is 4. The maximum absolute atomic E-state index is 13.8. The van der Waals surface area contributed by atoms with Gasteiger partial charge in [-0.05, 0) is 141 Å². The zero-order chi connectivity index (χ0) is 35.1. The standard InChI is InChI=1S/C42H67NO5/c1-27(2)28-14-19-42(24-33(44)43-22-10-11-23-43)21-20-40(8)29(36(28)42)12-13-31-39(7)17-16-32(38(5,6)30(39)15-18-41(31,40)9)48-35(47)26-37(3,4)25-34(45)46/h28-32,36H,1,10-26H2,2-9H3,(H,45,46)/t28-,29+,30-,31+,32-,36+,39-,40+,41+,42+/m0/s1. The van der Waals surface area contributed by atoms with Crippen LogP contribution < -0.4 is 0 Å². The predicted molar refractivity (Wildman–Crippen MR) is 190 cm³/mol. The van der Waals surface area contributed by atoms with E-state index in [1.54, 1.807) is 0 Å². The lowest BCUT2D eigenvalue weighted by Crippen LogP contribution is -2.67. The molecule has 1 heterocycles. The summed E-state index contributed by atoms with van der Waals surface area (Å²) in [5.74, 6) is 2.09. The molecule has 6 nitrogen and oxygen atoms in total. The Kier molecular flexibility index (Phi) is 9.09. The number of hydrogen-bond donors (Lipinski definition) is 1. The SMILES string of the molecule is C=C(C)[C@@H]1CC[C@]2(CC(=O)N3CCCC3)CC[C@]3(C)[C@H](CC[C@@H]4[C@@]5(C)CC[C@H](OC(=O)CC(C)(C)CC(=O)O)C(C)(C)[C@@H]5CC[C@]43C)[C@@H]12. The number of amides is 1. The number of aliphatic carboxylic acids is 1. The summed E-state index contributed by atoms with van der Waals surface area (Å²) >= 11 is 0. The number of allylic oxidation sites excluding steroid dienone is 1. The Morgan fingerprint density at radius 1 is 0.833 bits per heavy atom. The first kappa shape index (κ1) is 36.0. The van der Waals surface area contributed by atoms with Crippen molar-refractivity contribution in [1.82, 2.24) is 4.90 Å². The van der Waals surface area contributed by atoms with Crippen LogP contribution in [-0.2, 0) is 19.1 Å². The first-order valence-corrected chi connectivity index (χ1v) is 19.6. The van der Waals surface area contributed by atoms with E-state index >= 15 is 0 Å². The third-order valence-corrected chi connectivity index (χ3v) is 16.7. The van der Waals surface area contributed by atoms with Gasteiger partial charge in [-0.2, -0.15) is 0 Å². The Balaban J connectivity index is 1.24. The lowest BCUT2D eigenvalue weighted by atomic mass is 9.32. The fraction of sp³-hybridized carbons (Fsp3) is 0.881. The molecule has 6 fully saturated rings. The average Bonchev–Trinajstić information content (AvgIpc) is 3.63. The summed E-state index contributed by atoms with van der Waals surface area (Å²) < 4.78 is 6.27. The lowest BCUT2D eigenvalue weighted by molar-refractivity contribution is -0.250. The number of likely N-dealkylation sites (tertiary alicyclic amines) is 1. The van der Waals surface area contributed by atoms with Gasteiger partial charge < -0.3 is 14.7 Å². The Hall–Kier alpha value is -1.85. The topological polar surface area (TPSA) is 83.9 Å². The van der Waals surface area contributed by atoms with Crippen LogP contribution in [0.3, 0.4) is 0 Å². The van der Waals surface area contributed by atoms with Gasteiger partial charge in [-0.15, -0.1) is 0 Å².